The Morgan fingerprint density at radius 2 is 2.12 bits per heavy atom. The molecule has 2 aromatic rings. The molecule has 1 aromatic heterocycles. The van der Waals surface area contributed by atoms with Gasteiger partial charge in [0, 0.05) is 30.4 Å². The van der Waals surface area contributed by atoms with E-state index in [0.29, 0.717) is 22.4 Å². The molecule has 1 saturated heterocycles. The zero-order valence-corrected chi connectivity index (χ0v) is 19.7. The number of aromatic amines is 1. The summed E-state index contributed by atoms with van der Waals surface area (Å²) in [6, 6.07) is 3.54. The lowest BCUT2D eigenvalue weighted by Crippen LogP contribution is -2.68. The molecule has 2 N–H and O–H groups in total. The van der Waals surface area contributed by atoms with Crippen molar-refractivity contribution in [2.45, 2.75) is 44.7 Å². The van der Waals surface area contributed by atoms with Crippen LogP contribution in [0.25, 0.3) is 11.0 Å². The third kappa shape index (κ3) is 4.55. The number of nitrogens with zero attached hydrogens (tertiary/aromatic N) is 3. The molecule has 3 heterocycles. The first-order chi connectivity index (χ1) is 15.9. The molecule has 180 valence electrons. The summed E-state index contributed by atoms with van der Waals surface area (Å²) in [6.07, 6.45) is 0. The lowest BCUT2D eigenvalue weighted by atomic mass is 10.0. The number of hydrogen-bond donors (Lipinski definition) is 2. The maximum Gasteiger partial charge on any atom is 0.355 e. The fraction of sp³-hybridized carbons (Fsp3) is 0.429. The summed E-state index contributed by atoms with van der Waals surface area (Å²) in [7, 11) is 0. The number of esters is 2. The molecule has 2 aliphatic rings. The van der Waals surface area contributed by atoms with Gasteiger partial charge in [0.1, 0.15) is 29.3 Å². The number of non-ortho nitro benzene ring substituents is 1. The van der Waals surface area contributed by atoms with Crippen molar-refractivity contribution in [1.82, 2.24) is 14.9 Å². The van der Waals surface area contributed by atoms with E-state index in [2.05, 4.69) is 15.3 Å². The van der Waals surface area contributed by atoms with Crippen LogP contribution in [-0.2, 0) is 23.9 Å². The molecule has 13 heteroatoms. The van der Waals surface area contributed by atoms with Crippen LogP contribution in [0.5, 0.6) is 0 Å². The highest BCUT2D eigenvalue weighted by Gasteiger charge is 2.54. The Labute approximate surface area is 198 Å². The number of hydrogen-bond acceptors (Lipinski definition) is 10. The Kier molecular flexibility index (Phi) is 5.98. The van der Waals surface area contributed by atoms with Crippen LogP contribution < -0.4 is 5.32 Å². The molecule has 1 aromatic carbocycles. The predicted octanol–water partition coefficient (Wildman–Crippen LogP) is 2.33. The van der Waals surface area contributed by atoms with Crippen molar-refractivity contribution in [3.63, 3.8) is 0 Å². The second-order valence-corrected chi connectivity index (χ2v) is 9.92. The fourth-order valence-corrected chi connectivity index (χ4v) is 4.95. The standard InChI is InChI=1S/C21H23N5O7S/c1-10(27)32-8-11-9-34-18-15(17(28)25(18)16(11)19(29)33-21(2,3)4)24-20-22-13-6-5-12(26(30)31)7-14(13)23-20/h5-7,15,18H,8-9H2,1-4H3,(H2,22,23,24)/t15-,18?/m1/s1. The average molecular weight is 490 g/mol. The molecular formula is C21H23N5O7S. The van der Waals surface area contributed by atoms with Crippen molar-refractivity contribution in [3.05, 3.63) is 39.6 Å². The van der Waals surface area contributed by atoms with Gasteiger partial charge in [-0.05, 0) is 26.8 Å². The normalized spacial score (nSPS) is 20.0. The van der Waals surface area contributed by atoms with Crippen LogP contribution in [0.4, 0.5) is 11.6 Å². The summed E-state index contributed by atoms with van der Waals surface area (Å²) >= 11 is 1.41. The number of carbonyl (C=O) groups excluding carboxylic acids is 3. The summed E-state index contributed by atoms with van der Waals surface area (Å²) in [5, 5.41) is 13.6. The molecular weight excluding hydrogens is 466 g/mol. The number of amides is 1. The van der Waals surface area contributed by atoms with Crippen LogP contribution in [0.1, 0.15) is 27.7 Å². The zero-order chi connectivity index (χ0) is 24.8. The van der Waals surface area contributed by atoms with E-state index in [4.69, 9.17) is 9.47 Å². The van der Waals surface area contributed by atoms with E-state index in [-0.39, 0.29) is 29.8 Å². The second kappa shape index (κ2) is 8.63. The monoisotopic (exact) mass is 489 g/mol. The van der Waals surface area contributed by atoms with Gasteiger partial charge in [-0.2, -0.15) is 0 Å². The number of nitro benzene ring substituents is 1. The number of rotatable bonds is 6. The van der Waals surface area contributed by atoms with E-state index in [9.17, 15) is 24.5 Å². The van der Waals surface area contributed by atoms with Crippen LogP contribution in [-0.4, -0.2) is 67.0 Å². The number of carbonyl (C=O) groups is 3. The predicted molar refractivity (Wildman–Crippen MR) is 123 cm³/mol. The second-order valence-electron chi connectivity index (χ2n) is 8.81. The smallest absolute Gasteiger partial charge is 0.355 e. The highest BCUT2D eigenvalue weighted by Crippen LogP contribution is 2.42. The summed E-state index contributed by atoms with van der Waals surface area (Å²) in [6.45, 7) is 6.32. The van der Waals surface area contributed by atoms with Gasteiger partial charge in [-0.3, -0.25) is 24.6 Å². The largest absolute Gasteiger partial charge is 0.461 e. The van der Waals surface area contributed by atoms with Crippen molar-refractivity contribution in [2.24, 2.45) is 0 Å². The van der Waals surface area contributed by atoms with Crippen molar-refractivity contribution >= 4 is 52.3 Å². The minimum atomic E-state index is -0.779. The van der Waals surface area contributed by atoms with Gasteiger partial charge in [-0.1, -0.05) is 0 Å². The summed E-state index contributed by atoms with van der Waals surface area (Å²) in [4.78, 5) is 56.5. The van der Waals surface area contributed by atoms with E-state index < -0.39 is 33.9 Å². The highest BCUT2D eigenvalue weighted by atomic mass is 32.2. The quantitative estimate of drug-likeness (QED) is 0.267. The molecule has 0 bridgehead atoms. The first-order valence-corrected chi connectivity index (χ1v) is 11.4. The maximum atomic E-state index is 13.1. The number of fused-ring (bicyclic) bond motifs is 2. The topological polar surface area (TPSA) is 157 Å². The molecule has 1 amide bonds. The molecule has 34 heavy (non-hydrogen) atoms. The summed E-state index contributed by atoms with van der Waals surface area (Å²) < 4.78 is 10.6. The molecule has 0 spiro atoms. The third-order valence-electron chi connectivity index (χ3n) is 5.06. The number of benzene rings is 1. The Hall–Kier alpha value is -3.61. The van der Waals surface area contributed by atoms with Gasteiger partial charge in [0.15, 0.2) is 0 Å². The van der Waals surface area contributed by atoms with Gasteiger partial charge in [-0.15, -0.1) is 11.8 Å². The van der Waals surface area contributed by atoms with E-state index in [1.54, 1.807) is 20.8 Å². The third-order valence-corrected chi connectivity index (χ3v) is 6.40. The summed E-state index contributed by atoms with van der Waals surface area (Å²) in [5.41, 5.74) is 0.681. The molecule has 12 nitrogen and oxygen atoms in total. The van der Waals surface area contributed by atoms with Crippen LogP contribution >= 0.6 is 11.8 Å². The SMILES string of the molecule is CC(=O)OCC1=C(C(=O)OC(C)(C)C)N2C(=O)[C@@H](Nc3nc4ccc([N+](=O)[O-])cc4[nH]3)C2SC1. The van der Waals surface area contributed by atoms with E-state index in [0.717, 1.165) is 0 Å². The van der Waals surface area contributed by atoms with Crippen molar-refractivity contribution in [2.75, 3.05) is 17.7 Å². The number of imidazole rings is 1. The maximum absolute atomic E-state index is 13.1. The number of nitrogens with one attached hydrogen (secondary N) is 2. The Morgan fingerprint density at radius 1 is 1.38 bits per heavy atom. The van der Waals surface area contributed by atoms with Crippen molar-refractivity contribution in [1.29, 1.82) is 0 Å². The number of β-lactam (4-membered cyclic amide) rings is 1. The minimum Gasteiger partial charge on any atom is -0.461 e. The zero-order valence-electron chi connectivity index (χ0n) is 18.9. The number of nitro groups is 1. The Bertz CT molecular complexity index is 1230. The first-order valence-electron chi connectivity index (χ1n) is 10.4. The number of aromatic nitrogens is 2. The van der Waals surface area contributed by atoms with E-state index in [1.807, 2.05) is 0 Å². The number of thioether (sulfide) groups is 1. The van der Waals surface area contributed by atoms with Gasteiger partial charge >= 0.3 is 11.9 Å². The number of ether oxygens (including phenoxy) is 2. The molecule has 0 radical (unpaired) electrons. The molecule has 1 unspecified atom stereocenters. The van der Waals surface area contributed by atoms with Crippen LogP contribution in [0.2, 0.25) is 0 Å². The minimum absolute atomic E-state index is 0.0797. The van der Waals surface area contributed by atoms with Gasteiger partial charge in [0.25, 0.3) is 11.6 Å². The molecule has 2 aliphatic heterocycles. The number of H-pyrrole nitrogens is 1. The van der Waals surface area contributed by atoms with E-state index >= 15 is 0 Å². The van der Waals surface area contributed by atoms with Gasteiger partial charge in [0.05, 0.1) is 16.0 Å². The Balaban J connectivity index is 1.57. The van der Waals surface area contributed by atoms with Gasteiger partial charge in [-0.25, -0.2) is 9.78 Å². The van der Waals surface area contributed by atoms with Gasteiger partial charge in [0.2, 0.25) is 5.95 Å². The molecule has 0 aliphatic carbocycles. The Morgan fingerprint density at radius 3 is 2.76 bits per heavy atom. The number of anilines is 1. The van der Waals surface area contributed by atoms with Gasteiger partial charge < -0.3 is 19.8 Å². The lowest BCUT2D eigenvalue weighted by Gasteiger charge is -2.49. The van der Waals surface area contributed by atoms with Crippen LogP contribution in [0, 0.1) is 10.1 Å². The van der Waals surface area contributed by atoms with Crippen molar-refractivity contribution < 1.29 is 28.8 Å². The fourth-order valence-electron chi connectivity index (χ4n) is 3.62. The molecule has 0 saturated carbocycles. The van der Waals surface area contributed by atoms with Crippen molar-refractivity contribution in [3.8, 4) is 0 Å². The van der Waals surface area contributed by atoms with E-state index in [1.165, 1.54) is 41.8 Å². The van der Waals surface area contributed by atoms with Crippen LogP contribution in [0.3, 0.4) is 0 Å². The molecule has 2 atom stereocenters. The average Bonchev–Trinajstić information content (AvgIpc) is 3.15. The molecule has 1 fully saturated rings. The lowest BCUT2D eigenvalue weighted by molar-refractivity contribution is -0.384. The van der Waals surface area contributed by atoms with Crippen LogP contribution in [0.15, 0.2) is 29.5 Å². The summed E-state index contributed by atoms with van der Waals surface area (Å²) in [5.74, 6) is -0.890. The molecule has 4 rings (SSSR count). The first kappa shape index (κ1) is 23.5. The highest BCUT2D eigenvalue weighted by molar-refractivity contribution is 8.00.